The van der Waals surface area contributed by atoms with Gasteiger partial charge in [0.25, 0.3) is 11.5 Å². The maximum atomic E-state index is 13.4. The summed E-state index contributed by atoms with van der Waals surface area (Å²) in [5.41, 5.74) is 1.80. The first-order valence-electron chi connectivity index (χ1n) is 11.4. The van der Waals surface area contributed by atoms with E-state index in [1.165, 1.54) is 0 Å². The number of hydrogen-bond donors (Lipinski definition) is 1. The van der Waals surface area contributed by atoms with E-state index < -0.39 is 0 Å². The van der Waals surface area contributed by atoms with Crippen molar-refractivity contribution in [2.45, 2.75) is 57.7 Å². The van der Waals surface area contributed by atoms with Crippen molar-refractivity contribution in [1.82, 2.24) is 24.7 Å². The van der Waals surface area contributed by atoms with Crippen LogP contribution < -0.4 is 10.9 Å². The first kappa shape index (κ1) is 20.7. The highest BCUT2D eigenvalue weighted by Gasteiger charge is 2.48. The minimum absolute atomic E-state index is 0.0301. The second-order valence-electron chi connectivity index (χ2n) is 9.47. The molecule has 3 amide bonds. The Morgan fingerprint density at radius 2 is 1.81 bits per heavy atom. The van der Waals surface area contributed by atoms with Gasteiger partial charge in [-0.2, -0.15) is 0 Å². The number of hydrogen-bond acceptors (Lipinski definition) is 4. The van der Waals surface area contributed by atoms with Crippen molar-refractivity contribution < 1.29 is 9.59 Å². The minimum atomic E-state index is -0.250. The summed E-state index contributed by atoms with van der Waals surface area (Å²) in [6.07, 6.45) is 2.21. The first-order valence-corrected chi connectivity index (χ1v) is 11.4. The number of carbonyl (C=O) groups is 2. The minimum Gasteiger partial charge on any atom is -0.336 e. The lowest BCUT2D eigenvalue weighted by atomic mass is 9.85. The quantitative estimate of drug-likeness (QED) is 0.781. The molecule has 2 aromatic rings. The Morgan fingerprint density at radius 3 is 2.56 bits per heavy atom. The summed E-state index contributed by atoms with van der Waals surface area (Å²) in [7, 11) is 0. The Labute approximate surface area is 187 Å². The lowest BCUT2D eigenvalue weighted by Gasteiger charge is -2.30. The third-order valence-electron chi connectivity index (χ3n) is 6.97. The predicted molar refractivity (Wildman–Crippen MR) is 120 cm³/mol. The molecule has 8 nitrogen and oxygen atoms in total. The highest BCUT2D eigenvalue weighted by Crippen LogP contribution is 2.41. The Balaban J connectivity index is 1.41. The third kappa shape index (κ3) is 3.38. The van der Waals surface area contributed by atoms with Crippen molar-refractivity contribution >= 4 is 11.9 Å². The number of amides is 3. The van der Waals surface area contributed by atoms with Crippen LogP contribution >= 0.6 is 0 Å². The molecule has 0 bridgehead atoms. The molecule has 5 rings (SSSR count). The van der Waals surface area contributed by atoms with E-state index in [4.69, 9.17) is 4.98 Å². The van der Waals surface area contributed by atoms with E-state index in [0.717, 1.165) is 24.4 Å². The van der Waals surface area contributed by atoms with Crippen LogP contribution in [0.4, 0.5) is 4.79 Å². The summed E-state index contributed by atoms with van der Waals surface area (Å²) < 4.78 is 1.79. The predicted octanol–water partition coefficient (Wildman–Crippen LogP) is 1.91. The number of fused-ring (bicyclic) bond motifs is 3. The highest BCUT2D eigenvalue weighted by molar-refractivity contribution is 5.94. The number of nitrogens with zero attached hydrogens (tertiary/aromatic N) is 4. The van der Waals surface area contributed by atoms with Gasteiger partial charge in [-0.1, -0.05) is 18.2 Å². The van der Waals surface area contributed by atoms with Gasteiger partial charge in [-0.05, 0) is 38.8 Å². The van der Waals surface area contributed by atoms with E-state index in [0.29, 0.717) is 50.3 Å². The molecule has 3 aliphatic rings. The van der Waals surface area contributed by atoms with Gasteiger partial charge in [0.1, 0.15) is 5.82 Å². The van der Waals surface area contributed by atoms with Gasteiger partial charge in [0.2, 0.25) is 0 Å². The van der Waals surface area contributed by atoms with E-state index >= 15 is 0 Å². The normalized spacial score (nSPS) is 21.7. The molecule has 4 heterocycles. The first-order chi connectivity index (χ1) is 15.4. The molecular weight excluding hydrogens is 406 g/mol. The molecule has 1 aromatic heterocycles. The van der Waals surface area contributed by atoms with Crippen LogP contribution in [0.15, 0.2) is 35.1 Å². The number of carbonyl (C=O) groups excluding carboxylic acids is 2. The van der Waals surface area contributed by atoms with Crippen LogP contribution in [-0.4, -0.2) is 57.0 Å². The van der Waals surface area contributed by atoms with Gasteiger partial charge in [-0.25, -0.2) is 9.78 Å². The van der Waals surface area contributed by atoms with Gasteiger partial charge in [0.15, 0.2) is 0 Å². The second kappa shape index (κ2) is 7.76. The maximum absolute atomic E-state index is 13.4. The smallest absolute Gasteiger partial charge is 0.317 e. The molecule has 0 radical (unpaired) electrons. The largest absolute Gasteiger partial charge is 0.336 e. The molecular formula is C24H29N5O3. The highest BCUT2D eigenvalue weighted by atomic mass is 16.2. The molecule has 8 heteroatoms. The van der Waals surface area contributed by atoms with Crippen LogP contribution in [0.25, 0.3) is 0 Å². The monoisotopic (exact) mass is 435 g/mol. The SMILES string of the molecule is CC(C)NC(=O)N1CC[C@]2(CCn3c2nc2c(c3=O)CN(C(=O)c3ccccc3)CC2)C1. The van der Waals surface area contributed by atoms with Crippen molar-refractivity contribution in [3.05, 3.63) is 63.3 Å². The molecule has 1 N–H and O–H groups in total. The third-order valence-corrected chi connectivity index (χ3v) is 6.97. The molecule has 1 atom stereocenters. The van der Waals surface area contributed by atoms with E-state index in [1.807, 2.05) is 36.9 Å². The summed E-state index contributed by atoms with van der Waals surface area (Å²) in [4.78, 5) is 47.4. The number of benzene rings is 1. The molecule has 1 aromatic carbocycles. The van der Waals surface area contributed by atoms with Crippen LogP contribution in [-0.2, 0) is 24.9 Å². The van der Waals surface area contributed by atoms with Crippen molar-refractivity contribution in [3.63, 3.8) is 0 Å². The van der Waals surface area contributed by atoms with E-state index in [9.17, 15) is 14.4 Å². The molecule has 1 spiro atoms. The molecule has 3 aliphatic heterocycles. The van der Waals surface area contributed by atoms with E-state index in [2.05, 4.69) is 5.32 Å². The van der Waals surface area contributed by atoms with Crippen LogP contribution in [0.3, 0.4) is 0 Å². The fourth-order valence-corrected chi connectivity index (χ4v) is 5.27. The number of nitrogens with one attached hydrogen (secondary N) is 1. The Morgan fingerprint density at radius 1 is 1.06 bits per heavy atom. The standard InChI is InChI=1S/C24H29N5O3/c1-16(2)25-23(32)28-12-9-24(15-28)10-13-29-21(31)18-14-27(11-8-19(18)26-22(24)29)20(30)17-6-4-3-5-7-17/h3-7,16H,8-15H2,1-2H3,(H,25,32)/t24-/m0/s1. The summed E-state index contributed by atoms with van der Waals surface area (Å²) >= 11 is 0. The molecule has 168 valence electrons. The summed E-state index contributed by atoms with van der Waals surface area (Å²) in [5, 5.41) is 2.97. The number of aromatic nitrogens is 2. The fraction of sp³-hybridized carbons (Fsp3) is 0.500. The molecule has 32 heavy (non-hydrogen) atoms. The maximum Gasteiger partial charge on any atom is 0.317 e. The zero-order chi connectivity index (χ0) is 22.5. The average molecular weight is 436 g/mol. The van der Waals surface area contributed by atoms with Crippen LogP contribution in [0.2, 0.25) is 0 Å². The van der Waals surface area contributed by atoms with Gasteiger partial charge in [-0.3, -0.25) is 14.2 Å². The van der Waals surface area contributed by atoms with E-state index in [-0.39, 0.29) is 29.0 Å². The molecule has 0 aliphatic carbocycles. The molecule has 0 saturated carbocycles. The second-order valence-corrected chi connectivity index (χ2v) is 9.47. The van der Waals surface area contributed by atoms with Gasteiger partial charge >= 0.3 is 6.03 Å². The number of urea groups is 1. The number of rotatable bonds is 2. The van der Waals surface area contributed by atoms with Gasteiger partial charge < -0.3 is 15.1 Å². The van der Waals surface area contributed by atoms with Crippen LogP contribution in [0, 0.1) is 0 Å². The van der Waals surface area contributed by atoms with Crippen molar-refractivity contribution in [1.29, 1.82) is 0 Å². The van der Waals surface area contributed by atoms with Gasteiger partial charge in [0, 0.05) is 49.6 Å². The van der Waals surface area contributed by atoms with Crippen molar-refractivity contribution in [2.24, 2.45) is 0 Å². The Kier molecular flexibility index (Phi) is 5.03. The van der Waals surface area contributed by atoms with Gasteiger partial charge in [-0.15, -0.1) is 0 Å². The zero-order valence-corrected chi connectivity index (χ0v) is 18.6. The molecule has 1 fully saturated rings. The van der Waals surface area contributed by atoms with Crippen molar-refractivity contribution in [3.8, 4) is 0 Å². The number of likely N-dealkylation sites (tertiary alicyclic amines) is 1. The average Bonchev–Trinajstić information content (AvgIpc) is 3.38. The Bertz CT molecular complexity index is 1130. The molecule has 0 unspecified atom stereocenters. The fourth-order valence-electron chi connectivity index (χ4n) is 5.27. The lowest BCUT2D eigenvalue weighted by Crippen LogP contribution is -2.44. The summed E-state index contributed by atoms with van der Waals surface area (Å²) in [5.74, 6) is 0.768. The van der Waals surface area contributed by atoms with Crippen molar-refractivity contribution in [2.75, 3.05) is 19.6 Å². The molecule has 1 saturated heterocycles. The zero-order valence-electron chi connectivity index (χ0n) is 18.6. The van der Waals surface area contributed by atoms with Crippen LogP contribution in [0.1, 0.15) is 54.1 Å². The summed E-state index contributed by atoms with van der Waals surface area (Å²) in [6.45, 7) is 6.63. The lowest BCUT2D eigenvalue weighted by molar-refractivity contribution is 0.0732. The Hall–Kier alpha value is -3.16. The van der Waals surface area contributed by atoms with Gasteiger partial charge in [0.05, 0.1) is 17.8 Å². The van der Waals surface area contributed by atoms with E-state index in [1.54, 1.807) is 21.6 Å². The van der Waals surface area contributed by atoms with Crippen LogP contribution in [0.5, 0.6) is 0 Å². The summed E-state index contributed by atoms with van der Waals surface area (Å²) in [6, 6.07) is 9.22. The topological polar surface area (TPSA) is 87.5 Å².